The van der Waals surface area contributed by atoms with Crippen LogP contribution < -0.4 is 4.74 Å². The summed E-state index contributed by atoms with van der Waals surface area (Å²) in [6.07, 6.45) is 18.0. The van der Waals surface area contributed by atoms with E-state index in [9.17, 15) is 0 Å². The van der Waals surface area contributed by atoms with Gasteiger partial charge in [-0.05, 0) is 61.5 Å². The van der Waals surface area contributed by atoms with Crippen LogP contribution in [-0.2, 0) is 0 Å². The molecule has 2 bridgehead atoms. The van der Waals surface area contributed by atoms with Crippen molar-refractivity contribution in [2.45, 2.75) is 64.7 Å². The molecule has 154 valence electrons. The van der Waals surface area contributed by atoms with Crippen LogP contribution in [0.1, 0.15) is 70.4 Å². The van der Waals surface area contributed by atoms with E-state index in [-0.39, 0.29) is 0 Å². The molecule has 4 rings (SSSR count). The molecule has 0 unspecified atom stereocenters. The van der Waals surface area contributed by atoms with Crippen molar-refractivity contribution in [2.75, 3.05) is 7.11 Å². The fraction of sp³-hybridized carbons (Fsp3) is 0.480. The minimum Gasteiger partial charge on any atom is -0.494 e. The zero-order chi connectivity index (χ0) is 20.1. The van der Waals surface area contributed by atoms with Crippen LogP contribution in [0.3, 0.4) is 0 Å². The maximum absolute atomic E-state index is 5.67. The van der Waals surface area contributed by atoms with Gasteiger partial charge in [0.1, 0.15) is 5.75 Å². The number of allylic oxidation sites excluding steroid dienone is 2. The van der Waals surface area contributed by atoms with Gasteiger partial charge in [-0.1, -0.05) is 39.0 Å². The molecule has 4 heteroatoms. The van der Waals surface area contributed by atoms with Crippen LogP contribution >= 0.6 is 0 Å². The molecule has 1 aliphatic heterocycles. The number of nitrogens with zero attached hydrogens (tertiary/aromatic N) is 1. The van der Waals surface area contributed by atoms with Crippen molar-refractivity contribution >= 4 is 11.8 Å². The Hall–Kier alpha value is -2.49. The van der Waals surface area contributed by atoms with Crippen LogP contribution in [-0.4, -0.2) is 22.8 Å². The molecular formula is C25H33N3O. The highest BCUT2D eigenvalue weighted by atomic mass is 16.5. The van der Waals surface area contributed by atoms with Gasteiger partial charge in [0.25, 0.3) is 0 Å². The first-order chi connectivity index (χ1) is 14.3. The first kappa shape index (κ1) is 19.8. The van der Waals surface area contributed by atoms with Crippen molar-refractivity contribution in [3.63, 3.8) is 0 Å². The van der Waals surface area contributed by atoms with Crippen LogP contribution in [0.4, 0.5) is 0 Å². The highest BCUT2D eigenvalue weighted by Crippen LogP contribution is 2.37. The minimum absolute atomic E-state index is 0.615. The SMILES string of the molecule is CCCC[C@H]1CCCCCCC2=NC(=Cc3[nH]c(-c4ccc[nH]4)cc3OC)C1=C2. The van der Waals surface area contributed by atoms with Crippen LogP contribution in [0.15, 0.2) is 46.7 Å². The molecule has 2 aliphatic rings. The number of H-pyrrole nitrogens is 2. The maximum Gasteiger partial charge on any atom is 0.144 e. The number of fused-ring (bicyclic) bond motifs is 1. The molecule has 29 heavy (non-hydrogen) atoms. The Morgan fingerprint density at radius 1 is 1.21 bits per heavy atom. The van der Waals surface area contributed by atoms with Crippen molar-refractivity contribution in [1.29, 1.82) is 0 Å². The molecule has 1 aliphatic carbocycles. The predicted molar refractivity (Wildman–Crippen MR) is 121 cm³/mol. The molecule has 2 N–H and O–H groups in total. The largest absolute Gasteiger partial charge is 0.494 e. The molecule has 0 aromatic carbocycles. The topological polar surface area (TPSA) is 53.2 Å². The van der Waals surface area contributed by atoms with E-state index in [1.54, 1.807) is 7.11 Å². The van der Waals surface area contributed by atoms with E-state index in [1.165, 1.54) is 62.7 Å². The monoisotopic (exact) mass is 391 g/mol. The van der Waals surface area contributed by atoms with E-state index < -0.39 is 0 Å². The molecule has 0 saturated heterocycles. The normalized spacial score (nSPS) is 21.2. The Bertz CT molecular complexity index is 899. The van der Waals surface area contributed by atoms with E-state index in [1.807, 2.05) is 12.3 Å². The number of methoxy groups -OCH3 is 1. The lowest BCUT2D eigenvalue weighted by Crippen LogP contribution is -2.06. The summed E-state index contributed by atoms with van der Waals surface area (Å²) >= 11 is 0. The number of aliphatic imine (C=N–C) groups is 1. The molecule has 0 radical (unpaired) electrons. The number of ether oxygens (including phenoxy) is 1. The second-order valence-corrected chi connectivity index (χ2v) is 8.27. The summed E-state index contributed by atoms with van der Waals surface area (Å²) in [5.41, 5.74) is 6.91. The van der Waals surface area contributed by atoms with Gasteiger partial charge < -0.3 is 14.7 Å². The summed E-state index contributed by atoms with van der Waals surface area (Å²) in [5.74, 6) is 1.48. The quantitative estimate of drug-likeness (QED) is 0.553. The van der Waals surface area contributed by atoms with Crippen LogP contribution in [0.5, 0.6) is 5.75 Å². The first-order valence-corrected chi connectivity index (χ1v) is 11.2. The average Bonchev–Trinajstić information content (AvgIpc) is 3.47. The lowest BCUT2D eigenvalue weighted by atomic mass is 9.85. The fourth-order valence-electron chi connectivity index (χ4n) is 4.54. The third-order valence-corrected chi connectivity index (χ3v) is 6.16. The number of aromatic nitrogens is 2. The molecular weight excluding hydrogens is 358 g/mol. The maximum atomic E-state index is 5.67. The number of unbranched alkanes of at least 4 members (excludes halogenated alkanes) is 1. The van der Waals surface area contributed by atoms with Crippen molar-refractivity contribution in [2.24, 2.45) is 10.9 Å². The zero-order valence-corrected chi connectivity index (χ0v) is 17.8. The first-order valence-electron chi connectivity index (χ1n) is 11.2. The van der Waals surface area contributed by atoms with Crippen molar-refractivity contribution < 1.29 is 4.74 Å². The molecule has 1 atom stereocenters. The van der Waals surface area contributed by atoms with Crippen molar-refractivity contribution in [3.05, 3.63) is 47.4 Å². The zero-order valence-electron chi connectivity index (χ0n) is 17.8. The lowest BCUT2D eigenvalue weighted by molar-refractivity contribution is 0.414. The van der Waals surface area contributed by atoms with Gasteiger partial charge in [-0.2, -0.15) is 0 Å². The van der Waals surface area contributed by atoms with Crippen molar-refractivity contribution in [3.8, 4) is 17.1 Å². The van der Waals surface area contributed by atoms with Gasteiger partial charge in [0.05, 0.1) is 29.9 Å². The smallest absolute Gasteiger partial charge is 0.144 e. The highest BCUT2D eigenvalue weighted by molar-refractivity contribution is 6.00. The number of aromatic amines is 2. The Morgan fingerprint density at radius 3 is 2.90 bits per heavy atom. The van der Waals surface area contributed by atoms with Crippen LogP contribution in [0, 0.1) is 5.92 Å². The third-order valence-electron chi connectivity index (χ3n) is 6.16. The minimum atomic E-state index is 0.615. The third kappa shape index (κ3) is 4.58. The molecule has 0 amide bonds. The van der Waals surface area contributed by atoms with Crippen LogP contribution in [0.2, 0.25) is 0 Å². The van der Waals surface area contributed by atoms with E-state index in [2.05, 4.69) is 41.2 Å². The molecule has 0 saturated carbocycles. The summed E-state index contributed by atoms with van der Waals surface area (Å²) < 4.78 is 5.67. The Labute approximate surface area is 174 Å². The summed E-state index contributed by atoms with van der Waals surface area (Å²) in [4.78, 5) is 11.8. The Kier molecular flexibility index (Phi) is 6.38. The van der Waals surface area contributed by atoms with E-state index in [0.717, 1.165) is 34.9 Å². The molecule has 2 aromatic rings. The Balaban J connectivity index is 1.68. The number of rotatable bonds is 6. The van der Waals surface area contributed by atoms with Crippen molar-refractivity contribution in [1.82, 2.24) is 9.97 Å². The van der Waals surface area contributed by atoms with Gasteiger partial charge in [0, 0.05) is 18.0 Å². The van der Waals surface area contributed by atoms with E-state index in [4.69, 9.17) is 9.73 Å². The van der Waals surface area contributed by atoms with E-state index in [0.29, 0.717) is 5.92 Å². The average molecular weight is 392 g/mol. The Morgan fingerprint density at radius 2 is 2.10 bits per heavy atom. The molecule has 0 fully saturated rings. The van der Waals surface area contributed by atoms with Gasteiger partial charge in [-0.25, -0.2) is 0 Å². The van der Waals surface area contributed by atoms with Gasteiger partial charge in [-0.3, -0.25) is 4.99 Å². The van der Waals surface area contributed by atoms with Gasteiger partial charge in [0.15, 0.2) is 0 Å². The van der Waals surface area contributed by atoms with Gasteiger partial charge >= 0.3 is 0 Å². The number of hydrogen-bond donors (Lipinski definition) is 2. The van der Waals surface area contributed by atoms with Crippen LogP contribution in [0.25, 0.3) is 17.5 Å². The predicted octanol–water partition coefficient (Wildman–Crippen LogP) is 6.90. The summed E-state index contributed by atoms with van der Waals surface area (Å²) in [6, 6.07) is 6.13. The van der Waals surface area contributed by atoms with Gasteiger partial charge in [-0.15, -0.1) is 0 Å². The fourth-order valence-corrected chi connectivity index (χ4v) is 4.54. The van der Waals surface area contributed by atoms with E-state index >= 15 is 0 Å². The summed E-state index contributed by atoms with van der Waals surface area (Å²) in [6.45, 7) is 2.29. The second-order valence-electron chi connectivity index (χ2n) is 8.27. The standard InChI is InChI=1S/C25H33N3O/c1-3-4-10-18-11-7-5-6-8-12-19-15-20(18)22(27-19)16-24-25(29-2)17-23(28-24)21-13-9-14-26-21/h9,13-18,26,28H,3-8,10-12H2,1-2H3/t18-/m0/s1. The summed E-state index contributed by atoms with van der Waals surface area (Å²) in [5, 5.41) is 0. The number of nitrogens with one attached hydrogen (secondary N) is 2. The lowest BCUT2D eigenvalue weighted by Gasteiger charge is -2.19. The summed E-state index contributed by atoms with van der Waals surface area (Å²) in [7, 11) is 1.73. The number of hydrogen-bond acceptors (Lipinski definition) is 2. The molecule has 0 spiro atoms. The van der Waals surface area contributed by atoms with Gasteiger partial charge in [0.2, 0.25) is 0 Å². The highest BCUT2D eigenvalue weighted by Gasteiger charge is 2.24. The second kappa shape index (κ2) is 9.34. The molecule has 4 nitrogen and oxygen atoms in total. The molecule has 2 aromatic heterocycles. The molecule has 3 heterocycles.